The van der Waals surface area contributed by atoms with E-state index < -0.39 is 17.6 Å². The summed E-state index contributed by atoms with van der Waals surface area (Å²) in [6.07, 6.45) is -0.910. The van der Waals surface area contributed by atoms with Crippen molar-refractivity contribution in [2.75, 3.05) is 0 Å². The van der Waals surface area contributed by atoms with Crippen LogP contribution in [0.3, 0.4) is 0 Å². The van der Waals surface area contributed by atoms with Gasteiger partial charge in [0, 0.05) is 10.9 Å². The van der Waals surface area contributed by atoms with Crippen LogP contribution in [0.1, 0.15) is 38.1 Å². The van der Waals surface area contributed by atoms with Crippen molar-refractivity contribution in [3.8, 4) is 0 Å². The fourth-order valence-corrected chi connectivity index (χ4v) is 2.26. The van der Waals surface area contributed by atoms with Crippen molar-refractivity contribution in [2.45, 2.75) is 39.3 Å². The first kappa shape index (κ1) is 17.2. The van der Waals surface area contributed by atoms with E-state index >= 15 is 0 Å². The number of pyridine rings is 1. The molecule has 1 amide bonds. The van der Waals surface area contributed by atoms with Gasteiger partial charge in [0.05, 0.1) is 11.1 Å². The van der Waals surface area contributed by atoms with E-state index in [9.17, 15) is 9.59 Å². The Morgan fingerprint density at radius 3 is 2.57 bits per heavy atom. The molecule has 0 aliphatic carbocycles. The number of hydrogen-bond donors (Lipinski definition) is 1. The number of nitrogens with zero attached hydrogens (tertiary/aromatic N) is 1. The summed E-state index contributed by atoms with van der Waals surface area (Å²) >= 11 is 5.96. The highest BCUT2D eigenvalue weighted by molar-refractivity contribution is 6.30. The molecule has 0 aliphatic rings. The predicted octanol–water partition coefficient (Wildman–Crippen LogP) is 3.35. The Labute approximate surface area is 140 Å². The molecule has 0 unspecified atom stereocenters. The Bertz CT molecular complexity index is 753. The van der Waals surface area contributed by atoms with E-state index in [1.54, 1.807) is 24.3 Å². The van der Waals surface area contributed by atoms with E-state index in [0.29, 0.717) is 10.9 Å². The molecule has 1 atom stereocenters. The smallest absolute Gasteiger partial charge is 0.339 e. The molecule has 0 fully saturated rings. The fraction of sp³-hybridized carbons (Fsp3) is 0.353. The summed E-state index contributed by atoms with van der Waals surface area (Å²) in [4.78, 5) is 28.6. The van der Waals surface area contributed by atoms with Crippen LogP contribution in [0.5, 0.6) is 0 Å². The number of halogens is 1. The van der Waals surface area contributed by atoms with Gasteiger partial charge >= 0.3 is 5.97 Å². The van der Waals surface area contributed by atoms with E-state index in [2.05, 4.69) is 10.3 Å². The third-order valence-corrected chi connectivity index (χ3v) is 3.25. The topological polar surface area (TPSA) is 68.3 Å². The largest absolute Gasteiger partial charge is 0.449 e. The number of benzene rings is 1. The normalized spacial score (nSPS) is 12.7. The van der Waals surface area contributed by atoms with Crippen molar-refractivity contribution in [1.29, 1.82) is 0 Å². The minimum atomic E-state index is -0.910. The van der Waals surface area contributed by atoms with E-state index in [1.165, 1.54) is 13.0 Å². The van der Waals surface area contributed by atoms with Crippen molar-refractivity contribution in [3.05, 3.63) is 41.0 Å². The summed E-state index contributed by atoms with van der Waals surface area (Å²) < 4.78 is 5.27. The van der Waals surface area contributed by atoms with Crippen molar-refractivity contribution in [1.82, 2.24) is 10.3 Å². The molecule has 2 rings (SSSR count). The lowest BCUT2D eigenvalue weighted by atomic mass is 10.1. The van der Waals surface area contributed by atoms with Gasteiger partial charge in [-0.3, -0.25) is 4.79 Å². The van der Waals surface area contributed by atoms with Crippen LogP contribution in [-0.4, -0.2) is 28.5 Å². The third kappa shape index (κ3) is 4.42. The predicted molar refractivity (Wildman–Crippen MR) is 89.5 cm³/mol. The average molecular weight is 335 g/mol. The van der Waals surface area contributed by atoms with Crippen LogP contribution in [0, 0.1) is 0 Å². The van der Waals surface area contributed by atoms with Gasteiger partial charge in [0.2, 0.25) is 0 Å². The first-order chi connectivity index (χ1) is 10.7. The van der Waals surface area contributed by atoms with Gasteiger partial charge in [-0.15, -0.1) is 0 Å². The lowest BCUT2D eigenvalue weighted by Crippen LogP contribution is -2.46. The first-order valence-corrected chi connectivity index (χ1v) is 7.63. The summed E-state index contributed by atoms with van der Waals surface area (Å²) in [7, 11) is 0. The summed E-state index contributed by atoms with van der Waals surface area (Å²) in [6, 6.07) is 8.56. The monoisotopic (exact) mass is 334 g/mol. The molecule has 0 radical (unpaired) electrons. The second-order valence-electron chi connectivity index (χ2n) is 6.30. The van der Waals surface area contributed by atoms with Gasteiger partial charge in [0.25, 0.3) is 5.91 Å². The zero-order chi connectivity index (χ0) is 17.2. The van der Waals surface area contributed by atoms with Crippen LogP contribution in [-0.2, 0) is 9.53 Å². The van der Waals surface area contributed by atoms with Gasteiger partial charge in [-0.25, -0.2) is 9.78 Å². The number of esters is 1. The second kappa shape index (κ2) is 6.54. The van der Waals surface area contributed by atoms with Crippen LogP contribution < -0.4 is 5.32 Å². The van der Waals surface area contributed by atoms with Gasteiger partial charge in [0.15, 0.2) is 6.10 Å². The molecule has 0 saturated heterocycles. The Morgan fingerprint density at radius 1 is 1.26 bits per heavy atom. The van der Waals surface area contributed by atoms with E-state index in [0.717, 1.165) is 0 Å². The number of amides is 1. The minimum Gasteiger partial charge on any atom is -0.449 e. The van der Waals surface area contributed by atoms with Gasteiger partial charge in [-0.2, -0.15) is 0 Å². The van der Waals surface area contributed by atoms with E-state index in [1.807, 2.05) is 20.8 Å². The van der Waals surface area contributed by atoms with E-state index in [-0.39, 0.29) is 16.6 Å². The number of fused-ring (bicyclic) bond motifs is 1. The quantitative estimate of drug-likeness (QED) is 0.690. The van der Waals surface area contributed by atoms with Crippen molar-refractivity contribution >= 4 is 34.4 Å². The zero-order valence-corrected chi connectivity index (χ0v) is 14.3. The van der Waals surface area contributed by atoms with Crippen LogP contribution in [0.4, 0.5) is 0 Å². The Morgan fingerprint density at radius 2 is 1.91 bits per heavy atom. The lowest BCUT2D eigenvalue weighted by molar-refractivity contribution is -0.130. The second-order valence-corrected chi connectivity index (χ2v) is 6.68. The molecule has 0 spiro atoms. The molecule has 23 heavy (non-hydrogen) atoms. The highest BCUT2D eigenvalue weighted by Crippen LogP contribution is 2.22. The third-order valence-electron chi connectivity index (χ3n) is 3.06. The van der Waals surface area contributed by atoms with Gasteiger partial charge in [-0.1, -0.05) is 29.8 Å². The highest BCUT2D eigenvalue weighted by Gasteiger charge is 2.24. The Hall–Kier alpha value is -2.14. The average Bonchev–Trinajstić information content (AvgIpc) is 2.44. The zero-order valence-electron chi connectivity index (χ0n) is 13.5. The van der Waals surface area contributed by atoms with Gasteiger partial charge < -0.3 is 10.1 Å². The Kier molecular flexibility index (Phi) is 4.90. The number of aromatic nitrogens is 1. The molecular weight excluding hydrogens is 316 g/mol. The van der Waals surface area contributed by atoms with Crippen molar-refractivity contribution < 1.29 is 14.3 Å². The summed E-state index contributed by atoms with van der Waals surface area (Å²) in [5, 5.41) is 3.60. The standard InChI is InChI=1S/C17H19ClN2O3/c1-10(15(21)20-17(2,3)4)23-16(22)12-9-14(18)19-13-8-6-5-7-11(12)13/h5-10H,1-4H3,(H,20,21)/t10-/m0/s1. The summed E-state index contributed by atoms with van der Waals surface area (Å²) in [6.45, 7) is 7.10. The summed E-state index contributed by atoms with van der Waals surface area (Å²) in [5.41, 5.74) is 0.486. The molecule has 2 aromatic rings. The maximum Gasteiger partial charge on any atom is 0.339 e. The van der Waals surface area contributed by atoms with Gasteiger partial charge in [-0.05, 0) is 39.8 Å². The molecule has 1 aromatic heterocycles. The lowest BCUT2D eigenvalue weighted by Gasteiger charge is -2.23. The number of hydrogen-bond acceptors (Lipinski definition) is 4. The van der Waals surface area contributed by atoms with Crippen LogP contribution in [0.15, 0.2) is 30.3 Å². The number of nitrogens with one attached hydrogen (secondary N) is 1. The molecule has 122 valence electrons. The van der Waals surface area contributed by atoms with Crippen LogP contribution >= 0.6 is 11.6 Å². The summed E-state index contributed by atoms with van der Waals surface area (Å²) in [5.74, 6) is -0.961. The van der Waals surface area contributed by atoms with Crippen molar-refractivity contribution in [2.24, 2.45) is 0 Å². The molecule has 0 bridgehead atoms. The highest BCUT2D eigenvalue weighted by atomic mass is 35.5. The molecule has 0 aliphatic heterocycles. The van der Waals surface area contributed by atoms with Crippen LogP contribution in [0.2, 0.25) is 5.15 Å². The Balaban J connectivity index is 2.23. The van der Waals surface area contributed by atoms with Crippen molar-refractivity contribution in [3.63, 3.8) is 0 Å². The minimum absolute atomic E-state index is 0.197. The molecule has 6 heteroatoms. The van der Waals surface area contributed by atoms with Gasteiger partial charge in [0.1, 0.15) is 5.15 Å². The SMILES string of the molecule is C[C@H](OC(=O)c1cc(Cl)nc2ccccc12)C(=O)NC(C)(C)C. The molecule has 0 saturated carbocycles. The number of carbonyl (C=O) groups excluding carboxylic acids is 2. The number of rotatable bonds is 3. The van der Waals surface area contributed by atoms with E-state index in [4.69, 9.17) is 16.3 Å². The molecule has 5 nitrogen and oxygen atoms in total. The fourth-order valence-electron chi connectivity index (χ4n) is 2.06. The molecular formula is C17H19ClN2O3. The number of ether oxygens (including phenoxy) is 1. The number of carbonyl (C=O) groups is 2. The maximum absolute atomic E-state index is 12.4. The van der Waals surface area contributed by atoms with Crippen LogP contribution in [0.25, 0.3) is 10.9 Å². The molecule has 1 heterocycles. The first-order valence-electron chi connectivity index (χ1n) is 7.25. The maximum atomic E-state index is 12.4. The molecule has 1 aromatic carbocycles. The number of para-hydroxylation sites is 1. The molecule has 1 N–H and O–H groups in total.